The zero-order chi connectivity index (χ0) is 22.9. The number of nitrogens with zero attached hydrogens (tertiary/aromatic N) is 4. The normalized spacial score (nSPS) is 14.2. The SMILES string of the molecule is CC(C)COC(=O)c1ccc(Nc2ncnc(NCCN3CCOCC3)c2[N+](=O)[O-])cc1. The lowest BCUT2D eigenvalue weighted by Gasteiger charge is -2.26. The standard InChI is InChI=1S/C21H28N6O5/c1-15(2)13-32-21(28)16-3-5-17(6-4-16)25-20-18(27(29)30)19(23-14-24-20)22-7-8-26-9-11-31-12-10-26/h3-6,14-15H,7-13H2,1-2H3,(H2,22,23,24,25). The topological polar surface area (TPSA) is 132 Å². The van der Waals surface area contributed by atoms with E-state index in [1.807, 2.05) is 13.8 Å². The molecule has 32 heavy (non-hydrogen) atoms. The number of esters is 1. The third kappa shape index (κ3) is 6.59. The molecule has 0 radical (unpaired) electrons. The van der Waals surface area contributed by atoms with Crippen molar-refractivity contribution < 1.29 is 19.2 Å². The summed E-state index contributed by atoms with van der Waals surface area (Å²) >= 11 is 0. The summed E-state index contributed by atoms with van der Waals surface area (Å²) in [6.45, 7) is 8.54. The van der Waals surface area contributed by atoms with Gasteiger partial charge in [0.15, 0.2) is 0 Å². The fourth-order valence-corrected chi connectivity index (χ4v) is 3.08. The van der Waals surface area contributed by atoms with Crippen LogP contribution in [-0.4, -0.2) is 71.8 Å². The van der Waals surface area contributed by atoms with Gasteiger partial charge < -0.3 is 20.1 Å². The van der Waals surface area contributed by atoms with E-state index in [1.165, 1.54) is 6.33 Å². The van der Waals surface area contributed by atoms with E-state index in [1.54, 1.807) is 24.3 Å². The van der Waals surface area contributed by atoms with Crippen molar-refractivity contribution >= 4 is 29.0 Å². The highest BCUT2D eigenvalue weighted by molar-refractivity contribution is 5.90. The van der Waals surface area contributed by atoms with Crippen molar-refractivity contribution in [2.24, 2.45) is 5.92 Å². The molecule has 0 unspecified atom stereocenters. The van der Waals surface area contributed by atoms with Crippen molar-refractivity contribution in [3.05, 3.63) is 46.3 Å². The fourth-order valence-electron chi connectivity index (χ4n) is 3.08. The molecular formula is C21H28N6O5. The molecule has 1 saturated heterocycles. The smallest absolute Gasteiger partial charge is 0.353 e. The molecule has 11 heteroatoms. The highest BCUT2D eigenvalue weighted by atomic mass is 16.6. The third-order valence-corrected chi connectivity index (χ3v) is 4.76. The molecule has 0 aliphatic carbocycles. The van der Waals surface area contributed by atoms with Crippen LogP contribution in [0.25, 0.3) is 0 Å². The Bertz CT molecular complexity index is 915. The molecule has 0 spiro atoms. The van der Waals surface area contributed by atoms with Crippen LogP contribution < -0.4 is 10.6 Å². The van der Waals surface area contributed by atoms with Crippen molar-refractivity contribution in [1.29, 1.82) is 0 Å². The first-order valence-corrected chi connectivity index (χ1v) is 10.5. The monoisotopic (exact) mass is 444 g/mol. The Morgan fingerprint density at radius 1 is 1.22 bits per heavy atom. The lowest BCUT2D eigenvalue weighted by atomic mass is 10.2. The van der Waals surface area contributed by atoms with E-state index in [-0.39, 0.29) is 23.2 Å². The Balaban J connectivity index is 1.66. The van der Waals surface area contributed by atoms with Crippen LogP contribution in [0, 0.1) is 16.0 Å². The Morgan fingerprint density at radius 3 is 2.56 bits per heavy atom. The predicted molar refractivity (Wildman–Crippen MR) is 119 cm³/mol. The van der Waals surface area contributed by atoms with Crippen LogP contribution in [0.4, 0.5) is 23.0 Å². The van der Waals surface area contributed by atoms with E-state index in [4.69, 9.17) is 9.47 Å². The summed E-state index contributed by atoms with van der Waals surface area (Å²) < 4.78 is 10.5. The van der Waals surface area contributed by atoms with Gasteiger partial charge in [-0.15, -0.1) is 0 Å². The van der Waals surface area contributed by atoms with Gasteiger partial charge in [-0.2, -0.15) is 0 Å². The maximum absolute atomic E-state index is 12.1. The highest BCUT2D eigenvalue weighted by Gasteiger charge is 2.23. The number of aromatic nitrogens is 2. The maximum Gasteiger partial charge on any atom is 0.353 e. The second-order valence-corrected chi connectivity index (χ2v) is 7.75. The lowest BCUT2D eigenvalue weighted by molar-refractivity contribution is -0.383. The Hall–Kier alpha value is -3.31. The number of morpholine rings is 1. The summed E-state index contributed by atoms with van der Waals surface area (Å²) in [6, 6.07) is 6.48. The average molecular weight is 444 g/mol. The van der Waals surface area contributed by atoms with Crippen molar-refractivity contribution in [3.63, 3.8) is 0 Å². The van der Waals surface area contributed by atoms with Gasteiger partial charge in [0.2, 0.25) is 11.6 Å². The quantitative estimate of drug-likeness (QED) is 0.320. The van der Waals surface area contributed by atoms with Gasteiger partial charge in [0.25, 0.3) is 0 Å². The number of nitrogens with one attached hydrogen (secondary N) is 2. The highest BCUT2D eigenvalue weighted by Crippen LogP contribution is 2.31. The van der Waals surface area contributed by atoms with Crippen LogP contribution in [0.5, 0.6) is 0 Å². The summed E-state index contributed by atoms with van der Waals surface area (Å²) in [7, 11) is 0. The average Bonchev–Trinajstić information content (AvgIpc) is 2.78. The maximum atomic E-state index is 12.1. The summed E-state index contributed by atoms with van der Waals surface area (Å²) in [5, 5.41) is 17.7. The molecule has 1 aliphatic rings. The number of carbonyl (C=O) groups excluding carboxylic acids is 1. The number of hydrogen-bond donors (Lipinski definition) is 2. The number of carbonyl (C=O) groups is 1. The zero-order valence-corrected chi connectivity index (χ0v) is 18.2. The van der Waals surface area contributed by atoms with Crippen LogP contribution >= 0.6 is 0 Å². The van der Waals surface area contributed by atoms with Gasteiger partial charge in [0.05, 0.1) is 30.3 Å². The molecule has 1 aromatic carbocycles. The molecule has 172 valence electrons. The minimum absolute atomic E-state index is 0.0639. The van der Waals surface area contributed by atoms with Crippen LogP contribution in [0.3, 0.4) is 0 Å². The number of ether oxygens (including phenoxy) is 2. The minimum atomic E-state index is -0.517. The van der Waals surface area contributed by atoms with E-state index in [0.29, 0.717) is 37.6 Å². The van der Waals surface area contributed by atoms with Crippen molar-refractivity contribution in [3.8, 4) is 0 Å². The second kappa shape index (κ2) is 11.3. The molecule has 0 bridgehead atoms. The van der Waals surface area contributed by atoms with Gasteiger partial charge in [-0.3, -0.25) is 15.0 Å². The molecule has 2 aromatic rings. The molecule has 0 saturated carbocycles. The molecule has 1 aliphatic heterocycles. The molecule has 1 aromatic heterocycles. The van der Waals surface area contributed by atoms with Gasteiger partial charge in [0, 0.05) is 31.9 Å². The first-order valence-electron chi connectivity index (χ1n) is 10.5. The van der Waals surface area contributed by atoms with Crippen LogP contribution in [-0.2, 0) is 9.47 Å². The third-order valence-electron chi connectivity index (χ3n) is 4.76. The molecule has 3 rings (SSSR count). The van der Waals surface area contributed by atoms with E-state index in [9.17, 15) is 14.9 Å². The van der Waals surface area contributed by atoms with Gasteiger partial charge in [-0.1, -0.05) is 13.8 Å². The molecule has 2 N–H and O–H groups in total. The lowest BCUT2D eigenvalue weighted by Crippen LogP contribution is -2.39. The van der Waals surface area contributed by atoms with E-state index in [2.05, 4.69) is 25.5 Å². The molecular weight excluding hydrogens is 416 g/mol. The molecule has 0 atom stereocenters. The van der Waals surface area contributed by atoms with Gasteiger partial charge in [-0.25, -0.2) is 14.8 Å². The van der Waals surface area contributed by atoms with Gasteiger partial charge in [0.1, 0.15) is 6.33 Å². The second-order valence-electron chi connectivity index (χ2n) is 7.75. The fraction of sp³-hybridized carbons (Fsp3) is 0.476. The molecule has 11 nitrogen and oxygen atoms in total. The Morgan fingerprint density at radius 2 is 1.91 bits per heavy atom. The first kappa shape index (κ1) is 23.4. The Kier molecular flexibility index (Phi) is 8.28. The van der Waals surface area contributed by atoms with E-state index >= 15 is 0 Å². The Labute approximate surface area is 186 Å². The summed E-state index contributed by atoms with van der Waals surface area (Å²) in [5.41, 5.74) is 0.709. The van der Waals surface area contributed by atoms with E-state index < -0.39 is 10.9 Å². The van der Waals surface area contributed by atoms with Gasteiger partial charge in [-0.05, 0) is 30.2 Å². The predicted octanol–water partition coefficient (Wildman–Crippen LogP) is 2.69. The molecule has 1 fully saturated rings. The number of benzene rings is 1. The van der Waals surface area contributed by atoms with Crippen LogP contribution in [0.2, 0.25) is 0 Å². The molecule has 0 amide bonds. The molecule has 2 heterocycles. The van der Waals surface area contributed by atoms with Crippen molar-refractivity contribution in [2.75, 3.05) is 56.6 Å². The van der Waals surface area contributed by atoms with Gasteiger partial charge >= 0.3 is 11.7 Å². The zero-order valence-electron chi connectivity index (χ0n) is 18.2. The minimum Gasteiger partial charge on any atom is -0.462 e. The number of nitro groups is 1. The number of rotatable bonds is 10. The number of anilines is 3. The summed E-state index contributed by atoms with van der Waals surface area (Å²) in [4.78, 5) is 33.6. The van der Waals surface area contributed by atoms with Crippen LogP contribution in [0.15, 0.2) is 30.6 Å². The van der Waals surface area contributed by atoms with E-state index in [0.717, 1.165) is 19.6 Å². The summed E-state index contributed by atoms with van der Waals surface area (Å²) in [5.74, 6) is 0.0450. The summed E-state index contributed by atoms with van der Waals surface area (Å²) in [6.07, 6.45) is 1.27. The first-order chi connectivity index (χ1) is 15.4. The number of hydrogen-bond acceptors (Lipinski definition) is 10. The van der Waals surface area contributed by atoms with Crippen LogP contribution in [0.1, 0.15) is 24.2 Å². The van der Waals surface area contributed by atoms with Crippen molar-refractivity contribution in [2.45, 2.75) is 13.8 Å². The van der Waals surface area contributed by atoms with Crippen molar-refractivity contribution in [1.82, 2.24) is 14.9 Å². The largest absolute Gasteiger partial charge is 0.462 e.